The Morgan fingerprint density at radius 1 is 1.00 bits per heavy atom. The minimum Gasteiger partial charge on any atom is -0.493 e. The molecule has 0 spiro atoms. The summed E-state index contributed by atoms with van der Waals surface area (Å²) in [6.45, 7) is 2.26. The molecule has 0 aliphatic rings. The molecule has 0 saturated carbocycles. The molecule has 0 radical (unpaired) electrons. The molecule has 4 nitrogen and oxygen atoms in total. The number of sulfonamides is 1. The standard InChI is InChI=1S/C18H15F2NO3S/c1-2-24-17-9-10-18(14-6-4-3-5-13(14)17)25(22,23)21-16-11-12(19)7-8-15(16)20/h3-11,21H,2H2,1H3. The van der Waals surface area contributed by atoms with Gasteiger partial charge in [0.15, 0.2) is 0 Å². The van der Waals surface area contributed by atoms with E-state index in [1.54, 1.807) is 30.3 Å². The smallest absolute Gasteiger partial charge is 0.262 e. The van der Waals surface area contributed by atoms with Crippen molar-refractivity contribution in [2.24, 2.45) is 0 Å². The van der Waals surface area contributed by atoms with Crippen LogP contribution in [0.5, 0.6) is 5.75 Å². The van der Waals surface area contributed by atoms with E-state index >= 15 is 0 Å². The molecular formula is C18H15F2NO3S. The highest BCUT2D eigenvalue weighted by Crippen LogP contribution is 2.32. The largest absolute Gasteiger partial charge is 0.493 e. The van der Waals surface area contributed by atoms with Crippen molar-refractivity contribution in [3.8, 4) is 5.75 Å². The second kappa shape index (κ2) is 6.68. The molecule has 130 valence electrons. The van der Waals surface area contributed by atoms with Gasteiger partial charge in [-0.3, -0.25) is 4.72 Å². The fourth-order valence-electron chi connectivity index (χ4n) is 2.53. The van der Waals surface area contributed by atoms with Gasteiger partial charge < -0.3 is 4.74 Å². The number of halogens is 2. The van der Waals surface area contributed by atoms with Gasteiger partial charge in [-0.05, 0) is 31.2 Å². The molecule has 1 N–H and O–H groups in total. The number of anilines is 1. The van der Waals surface area contributed by atoms with Crippen molar-refractivity contribution in [1.29, 1.82) is 0 Å². The highest BCUT2D eigenvalue weighted by molar-refractivity contribution is 7.93. The fraction of sp³-hybridized carbons (Fsp3) is 0.111. The predicted octanol–water partition coefficient (Wildman–Crippen LogP) is 4.32. The number of fused-ring (bicyclic) bond motifs is 1. The summed E-state index contributed by atoms with van der Waals surface area (Å²) < 4.78 is 60.1. The second-order valence-corrected chi connectivity index (χ2v) is 6.92. The quantitative estimate of drug-likeness (QED) is 0.735. The van der Waals surface area contributed by atoms with Crippen LogP contribution in [0.3, 0.4) is 0 Å². The SMILES string of the molecule is CCOc1ccc(S(=O)(=O)Nc2cc(F)ccc2F)c2ccccc12. The van der Waals surface area contributed by atoms with Crippen LogP contribution in [0.2, 0.25) is 0 Å². The minimum absolute atomic E-state index is 0.0461. The van der Waals surface area contributed by atoms with Crippen LogP contribution in [0.1, 0.15) is 6.92 Å². The van der Waals surface area contributed by atoms with Crippen LogP contribution < -0.4 is 9.46 Å². The maximum atomic E-state index is 13.8. The van der Waals surface area contributed by atoms with Gasteiger partial charge in [0.25, 0.3) is 10.0 Å². The maximum Gasteiger partial charge on any atom is 0.262 e. The molecule has 25 heavy (non-hydrogen) atoms. The third kappa shape index (κ3) is 3.41. The Kier molecular flexibility index (Phi) is 4.59. The van der Waals surface area contributed by atoms with Gasteiger partial charge in [0, 0.05) is 16.8 Å². The van der Waals surface area contributed by atoms with E-state index in [0.717, 1.165) is 18.2 Å². The first-order valence-corrected chi connectivity index (χ1v) is 9.03. The summed E-state index contributed by atoms with van der Waals surface area (Å²) in [5.41, 5.74) is -0.446. The Bertz CT molecular complexity index is 1040. The van der Waals surface area contributed by atoms with E-state index in [2.05, 4.69) is 4.72 Å². The second-order valence-electron chi connectivity index (χ2n) is 5.27. The summed E-state index contributed by atoms with van der Waals surface area (Å²) >= 11 is 0. The third-order valence-electron chi connectivity index (χ3n) is 3.61. The average Bonchev–Trinajstić information content (AvgIpc) is 2.58. The molecule has 3 aromatic rings. The lowest BCUT2D eigenvalue weighted by atomic mass is 10.1. The van der Waals surface area contributed by atoms with Crippen LogP contribution in [0.4, 0.5) is 14.5 Å². The van der Waals surface area contributed by atoms with E-state index in [-0.39, 0.29) is 4.90 Å². The molecule has 0 atom stereocenters. The molecule has 0 aliphatic heterocycles. The third-order valence-corrected chi connectivity index (χ3v) is 5.03. The zero-order chi connectivity index (χ0) is 18.0. The van der Waals surface area contributed by atoms with Gasteiger partial charge in [-0.1, -0.05) is 24.3 Å². The van der Waals surface area contributed by atoms with Gasteiger partial charge in [0.05, 0.1) is 17.2 Å². The molecular weight excluding hydrogens is 348 g/mol. The van der Waals surface area contributed by atoms with Gasteiger partial charge in [0.2, 0.25) is 0 Å². The number of ether oxygens (including phenoxy) is 1. The maximum absolute atomic E-state index is 13.8. The lowest BCUT2D eigenvalue weighted by Crippen LogP contribution is -2.14. The van der Waals surface area contributed by atoms with Crippen LogP contribution >= 0.6 is 0 Å². The monoisotopic (exact) mass is 363 g/mol. The summed E-state index contributed by atoms with van der Waals surface area (Å²) in [6, 6.07) is 12.3. The van der Waals surface area contributed by atoms with E-state index in [1.165, 1.54) is 6.07 Å². The molecule has 0 aromatic heterocycles. The van der Waals surface area contributed by atoms with Crippen LogP contribution in [0.15, 0.2) is 59.5 Å². The molecule has 0 aliphatic carbocycles. The predicted molar refractivity (Wildman–Crippen MR) is 92.3 cm³/mol. The van der Waals surface area contributed by atoms with Gasteiger partial charge in [-0.15, -0.1) is 0 Å². The Hall–Kier alpha value is -2.67. The van der Waals surface area contributed by atoms with Gasteiger partial charge in [-0.25, -0.2) is 17.2 Å². The number of hydrogen-bond donors (Lipinski definition) is 1. The molecule has 0 amide bonds. The summed E-state index contributed by atoms with van der Waals surface area (Å²) in [5, 5.41) is 1.05. The van der Waals surface area contributed by atoms with Crippen LogP contribution in [0.25, 0.3) is 10.8 Å². The lowest BCUT2D eigenvalue weighted by Gasteiger charge is -2.13. The number of nitrogens with one attached hydrogen (secondary N) is 1. The Morgan fingerprint density at radius 2 is 1.72 bits per heavy atom. The van der Waals surface area contributed by atoms with Crippen LogP contribution in [-0.2, 0) is 10.0 Å². The Balaban J connectivity index is 2.12. The highest BCUT2D eigenvalue weighted by atomic mass is 32.2. The molecule has 0 fully saturated rings. The normalized spacial score (nSPS) is 11.5. The zero-order valence-corrected chi connectivity index (χ0v) is 14.1. The number of rotatable bonds is 5. The summed E-state index contributed by atoms with van der Waals surface area (Å²) in [4.78, 5) is -0.0461. The van der Waals surface area contributed by atoms with Crippen LogP contribution in [-0.4, -0.2) is 15.0 Å². The number of hydrogen-bond acceptors (Lipinski definition) is 3. The van der Waals surface area contributed by atoms with Crippen molar-refractivity contribution in [1.82, 2.24) is 0 Å². The summed E-state index contributed by atoms with van der Waals surface area (Å²) in [5.74, 6) is -1.05. The van der Waals surface area contributed by atoms with Gasteiger partial charge in [-0.2, -0.15) is 0 Å². The van der Waals surface area contributed by atoms with Gasteiger partial charge in [0.1, 0.15) is 17.4 Å². The Labute approximate surface area is 144 Å². The van der Waals surface area contributed by atoms with Crippen molar-refractivity contribution in [3.05, 3.63) is 66.2 Å². The van der Waals surface area contributed by atoms with Crippen LogP contribution in [0, 0.1) is 11.6 Å². The topological polar surface area (TPSA) is 55.4 Å². The fourth-order valence-corrected chi connectivity index (χ4v) is 3.81. The average molecular weight is 363 g/mol. The Morgan fingerprint density at radius 3 is 2.44 bits per heavy atom. The molecule has 0 heterocycles. The van der Waals surface area contributed by atoms with Crippen molar-refractivity contribution >= 4 is 26.5 Å². The molecule has 3 aromatic carbocycles. The summed E-state index contributed by atoms with van der Waals surface area (Å²) in [6.07, 6.45) is 0. The molecule has 0 bridgehead atoms. The van der Waals surface area contributed by atoms with E-state index in [4.69, 9.17) is 4.74 Å². The van der Waals surface area contributed by atoms with Crippen molar-refractivity contribution in [2.75, 3.05) is 11.3 Å². The first-order chi connectivity index (χ1) is 11.9. The first kappa shape index (κ1) is 17.2. The minimum atomic E-state index is -4.12. The highest BCUT2D eigenvalue weighted by Gasteiger charge is 2.21. The molecule has 0 unspecified atom stereocenters. The first-order valence-electron chi connectivity index (χ1n) is 7.55. The van der Waals surface area contributed by atoms with E-state index in [1.807, 2.05) is 6.92 Å². The molecule has 0 saturated heterocycles. The van der Waals surface area contributed by atoms with E-state index < -0.39 is 27.3 Å². The lowest BCUT2D eigenvalue weighted by molar-refractivity contribution is 0.344. The van der Waals surface area contributed by atoms with Crippen molar-refractivity contribution in [2.45, 2.75) is 11.8 Å². The van der Waals surface area contributed by atoms with E-state index in [9.17, 15) is 17.2 Å². The molecule has 7 heteroatoms. The number of benzene rings is 3. The molecule has 3 rings (SSSR count). The summed E-state index contributed by atoms with van der Waals surface area (Å²) in [7, 11) is -4.12. The van der Waals surface area contributed by atoms with Crippen molar-refractivity contribution in [3.63, 3.8) is 0 Å². The van der Waals surface area contributed by atoms with Gasteiger partial charge >= 0.3 is 0 Å². The van der Waals surface area contributed by atoms with E-state index in [0.29, 0.717) is 23.1 Å². The zero-order valence-electron chi connectivity index (χ0n) is 13.3. The van der Waals surface area contributed by atoms with Crippen molar-refractivity contribution < 1.29 is 21.9 Å².